The van der Waals surface area contributed by atoms with Gasteiger partial charge in [0.15, 0.2) is 0 Å². The molecule has 0 spiro atoms. The van der Waals surface area contributed by atoms with E-state index in [9.17, 15) is 4.79 Å². The van der Waals surface area contributed by atoms with Crippen LogP contribution in [0.4, 0.5) is 0 Å². The molecule has 0 radical (unpaired) electrons. The molecule has 0 bridgehead atoms. The molecule has 4 nitrogen and oxygen atoms in total. The Bertz CT molecular complexity index is 289. The van der Waals surface area contributed by atoms with E-state index in [0.717, 1.165) is 39.0 Å². The fraction of sp³-hybridized carbons (Fsp3) is 0.923. The fourth-order valence-electron chi connectivity index (χ4n) is 3.46. The largest absolute Gasteiger partial charge is 0.374 e. The summed E-state index contributed by atoms with van der Waals surface area (Å²) in [6.07, 6.45) is 7.18. The lowest BCUT2D eigenvalue weighted by molar-refractivity contribution is -0.146. The standard InChI is InChI=1S/C13H22N2O2/c16-13(10-4-1-2-7-14-10)15-8-9-17-12-6-3-5-11(12)15/h10-12,14H,1-9H2/t10-,11?,12?/m1/s1. The van der Waals surface area contributed by atoms with Crippen molar-refractivity contribution in [3.8, 4) is 0 Å². The Hall–Kier alpha value is -0.610. The number of amides is 1. The van der Waals surface area contributed by atoms with E-state index in [1.54, 1.807) is 0 Å². The third-order valence-corrected chi connectivity index (χ3v) is 4.37. The van der Waals surface area contributed by atoms with Crippen LogP contribution in [0.1, 0.15) is 38.5 Å². The van der Waals surface area contributed by atoms with E-state index in [1.807, 2.05) is 0 Å². The second kappa shape index (κ2) is 4.94. The highest BCUT2D eigenvalue weighted by molar-refractivity contribution is 5.82. The zero-order chi connectivity index (χ0) is 11.7. The van der Waals surface area contributed by atoms with Crippen molar-refractivity contribution < 1.29 is 9.53 Å². The van der Waals surface area contributed by atoms with Crippen LogP contribution in [0.3, 0.4) is 0 Å². The van der Waals surface area contributed by atoms with Crippen LogP contribution in [-0.2, 0) is 9.53 Å². The van der Waals surface area contributed by atoms with E-state index in [4.69, 9.17) is 4.74 Å². The molecule has 1 aliphatic carbocycles. The van der Waals surface area contributed by atoms with Gasteiger partial charge in [-0.1, -0.05) is 6.42 Å². The number of morpholine rings is 1. The first-order valence-electron chi connectivity index (χ1n) is 7.02. The summed E-state index contributed by atoms with van der Waals surface area (Å²) in [5.74, 6) is 0.324. The van der Waals surface area contributed by atoms with E-state index in [-0.39, 0.29) is 6.04 Å². The molecule has 2 saturated heterocycles. The third-order valence-electron chi connectivity index (χ3n) is 4.37. The van der Waals surface area contributed by atoms with Crippen LogP contribution in [0.15, 0.2) is 0 Å². The van der Waals surface area contributed by atoms with Gasteiger partial charge in [0.2, 0.25) is 5.91 Å². The molecular weight excluding hydrogens is 216 g/mol. The average molecular weight is 238 g/mol. The molecule has 3 aliphatic rings. The van der Waals surface area contributed by atoms with Crippen molar-refractivity contribution in [1.82, 2.24) is 10.2 Å². The Labute approximate surface area is 103 Å². The number of rotatable bonds is 1. The predicted octanol–water partition coefficient (Wildman–Crippen LogP) is 0.908. The number of fused-ring (bicyclic) bond motifs is 1. The molecule has 3 rings (SSSR count). The van der Waals surface area contributed by atoms with Gasteiger partial charge in [-0.05, 0) is 38.6 Å². The highest BCUT2D eigenvalue weighted by Gasteiger charge is 2.40. The van der Waals surface area contributed by atoms with Gasteiger partial charge in [-0.15, -0.1) is 0 Å². The van der Waals surface area contributed by atoms with E-state index in [2.05, 4.69) is 10.2 Å². The van der Waals surface area contributed by atoms with Crippen molar-refractivity contribution in [2.24, 2.45) is 0 Å². The topological polar surface area (TPSA) is 41.6 Å². The summed E-state index contributed by atoms with van der Waals surface area (Å²) < 4.78 is 5.76. The summed E-state index contributed by atoms with van der Waals surface area (Å²) in [4.78, 5) is 14.6. The molecule has 0 aromatic carbocycles. The van der Waals surface area contributed by atoms with Crippen molar-refractivity contribution in [3.63, 3.8) is 0 Å². The molecule has 1 amide bonds. The summed E-state index contributed by atoms with van der Waals surface area (Å²) in [6, 6.07) is 0.433. The first-order valence-corrected chi connectivity index (χ1v) is 7.02. The molecule has 0 aromatic rings. The molecule has 2 aliphatic heterocycles. The Kier molecular flexibility index (Phi) is 3.34. The Balaban J connectivity index is 1.67. The summed E-state index contributed by atoms with van der Waals surface area (Å²) in [5.41, 5.74) is 0. The molecule has 2 unspecified atom stereocenters. The highest BCUT2D eigenvalue weighted by atomic mass is 16.5. The van der Waals surface area contributed by atoms with Gasteiger partial charge in [0.1, 0.15) is 0 Å². The quantitative estimate of drug-likeness (QED) is 0.738. The Morgan fingerprint density at radius 2 is 2.12 bits per heavy atom. The van der Waals surface area contributed by atoms with Crippen molar-refractivity contribution in [2.75, 3.05) is 19.7 Å². The van der Waals surface area contributed by atoms with Gasteiger partial charge in [0, 0.05) is 6.54 Å². The van der Waals surface area contributed by atoms with Crippen LogP contribution in [0.2, 0.25) is 0 Å². The average Bonchev–Trinajstić information content (AvgIpc) is 2.87. The van der Waals surface area contributed by atoms with Gasteiger partial charge in [-0.3, -0.25) is 4.79 Å². The molecule has 3 atom stereocenters. The Morgan fingerprint density at radius 1 is 1.18 bits per heavy atom. The first-order chi connectivity index (χ1) is 8.36. The molecule has 1 N–H and O–H groups in total. The SMILES string of the molecule is O=C([C@H]1CCCCN1)N1CCOC2CCCC21. The van der Waals surface area contributed by atoms with Crippen LogP contribution in [-0.4, -0.2) is 48.7 Å². The number of ether oxygens (including phenoxy) is 1. The number of hydrogen-bond donors (Lipinski definition) is 1. The zero-order valence-electron chi connectivity index (χ0n) is 10.4. The van der Waals surface area contributed by atoms with E-state index < -0.39 is 0 Å². The monoisotopic (exact) mass is 238 g/mol. The predicted molar refractivity (Wildman–Crippen MR) is 64.7 cm³/mol. The fourth-order valence-corrected chi connectivity index (χ4v) is 3.46. The maximum Gasteiger partial charge on any atom is 0.240 e. The van der Waals surface area contributed by atoms with E-state index in [0.29, 0.717) is 18.1 Å². The summed E-state index contributed by atoms with van der Waals surface area (Å²) in [6.45, 7) is 2.51. The molecular formula is C13H22N2O2. The number of carbonyl (C=O) groups excluding carboxylic acids is 1. The van der Waals surface area contributed by atoms with E-state index in [1.165, 1.54) is 19.3 Å². The lowest BCUT2D eigenvalue weighted by atomic mass is 10.0. The molecule has 3 fully saturated rings. The van der Waals surface area contributed by atoms with E-state index >= 15 is 0 Å². The smallest absolute Gasteiger partial charge is 0.240 e. The molecule has 96 valence electrons. The second-order valence-corrected chi connectivity index (χ2v) is 5.44. The first kappa shape index (κ1) is 11.5. The molecule has 17 heavy (non-hydrogen) atoms. The maximum atomic E-state index is 12.5. The van der Waals surface area contributed by atoms with Crippen molar-refractivity contribution in [2.45, 2.75) is 56.7 Å². The van der Waals surface area contributed by atoms with Crippen LogP contribution in [0, 0.1) is 0 Å². The lowest BCUT2D eigenvalue weighted by Gasteiger charge is -2.40. The van der Waals surface area contributed by atoms with Crippen LogP contribution in [0.5, 0.6) is 0 Å². The normalized spacial score (nSPS) is 37.9. The number of nitrogens with one attached hydrogen (secondary N) is 1. The number of piperidine rings is 1. The minimum Gasteiger partial charge on any atom is -0.374 e. The summed E-state index contributed by atoms with van der Waals surface area (Å²) in [5, 5.41) is 3.36. The van der Waals surface area contributed by atoms with Gasteiger partial charge in [-0.2, -0.15) is 0 Å². The second-order valence-electron chi connectivity index (χ2n) is 5.44. The van der Waals surface area contributed by atoms with Crippen molar-refractivity contribution >= 4 is 5.91 Å². The van der Waals surface area contributed by atoms with Crippen LogP contribution in [0.25, 0.3) is 0 Å². The minimum atomic E-state index is 0.0723. The molecule has 2 heterocycles. The van der Waals surface area contributed by atoms with Crippen molar-refractivity contribution in [3.05, 3.63) is 0 Å². The maximum absolute atomic E-state index is 12.5. The zero-order valence-corrected chi connectivity index (χ0v) is 10.4. The third kappa shape index (κ3) is 2.20. The Morgan fingerprint density at radius 3 is 2.94 bits per heavy atom. The lowest BCUT2D eigenvalue weighted by Crippen LogP contribution is -2.57. The molecule has 4 heteroatoms. The van der Waals surface area contributed by atoms with Crippen LogP contribution < -0.4 is 5.32 Å². The summed E-state index contributed by atoms with van der Waals surface area (Å²) >= 11 is 0. The van der Waals surface area contributed by atoms with Gasteiger partial charge < -0.3 is 15.0 Å². The van der Waals surface area contributed by atoms with Crippen molar-refractivity contribution in [1.29, 1.82) is 0 Å². The van der Waals surface area contributed by atoms with Gasteiger partial charge >= 0.3 is 0 Å². The van der Waals surface area contributed by atoms with Crippen LogP contribution >= 0.6 is 0 Å². The number of nitrogens with zero attached hydrogens (tertiary/aromatic N) is 1. The van der Waals surface area contributed by atoms with Gasteiger partial charge in [0.25, 0.3) is 0 Å². The van der Waals surface area contributed by atoms with Gasteiger partial charge in [0.05, 0.1) is 24.8 Å². The minimum absolute atomic E-state index is 0.0723. The highest BCUT2D eigenvalue weighted by Crippen LogP contribution is 2.30. The number of carbonyl (C=O) groups is 1. The van der Waals surface area contributed by atoms with Gasteiger partial charge in [-0.25, -0.2) is 0 Å². The molecule has 0 aromatic heterocycles. The summed E-state index contributed by atoms with van der Waals surface area (Å²) in [7, 11) is 0. The number of hydrogen-bond acceptors (Lipinski definition) is 3. The molecule has 1 saturated carbocycles.